The summed E-state index contributed by atoms with van der Waals surface area (Å²) in [6, 6.07) is 8.98. The van der Waals surface area contributed by atoms with E-state index < -0.39 is 0 Å². The van der Waals surface area contributed by atoms with Crippen molar-refractivity contribution in [1.82, 2.24) is 0 Å². The fourth-order valence-corrected chi connectivity index (χ4v) is 4.89. The fraction of sp³-hybridized carbons (Fsp3) is 0.520. The van der Waals surface area contributed by atoms with E-state index in [2.05, 4.69) is 38.1 Å². The summed E-state index contributed by atoms with van der Waals surface area (Å²) in [5.41, 5.74) is 8.26. The van der Waals surface area contributed by atoms with Gasteiger partial charge in [-0.15, -0.1) is 0 Å². The molecule has 0 saturated heterocycles. The molecule has 0 atom stereocenters. The molecule has 2 nitrogen and oxygen atoms in total. The first kappa shape index (κ1) is 21.3. The van der Waals surface area contributed by atoms with Crippen LogP contribution < -0.4 is 9.47 Å². The van der Waals surface area contributed by atoms with Gasteiger partial charge in [0.25, 0.3) is 0 Å². The molecule has 1 spiro atoms. The van der Waals surface area contributed by atoms with E-state index in [1.807, 2.05) is 27.7 Å². The average molecular weight is 369 g/mol. The molecule has 2 heteroatoms. The Morgan fingerprint density at radius 1 is 0.667 bits per heavy atom. The Kier molecular flexibility index (Phi) is 6.97. The number of benzene rings is 2. The summed E-state index contributed by atoms with van der Waals surface area (Å²) in [4.78, 5) is 0. The second-order valence-electron chi connectivity index (χ2n) is 6.98. The molecule has 27 heavy (non-hydrogen) atoms. The zero-order chi connectivity index (χ0) is 20.2. The molecule has 2 aliphatic rings. The lowest BCUT2D eigenvalue weighted by Crippen LogP contribution is -2.23. The van der Waals surface area contributed by atoms with Gasteiger partial charge in [0, 0.05) is 16.5 Å². The largest absolute Gasteiger partial charge is 0.496 e. The second kappa shape index (κ2) is 8.82. The topological polar surface area (TPSA) is 18.5 Å². The van der Waals surface area contributed by atoms with Crippen LogP contribution in [0.15, 0.2) is 24.3 Å². The maximum Gasteiger partial charge on any atom is 0.126 e. The van der Waals surface area contributed by atoms with Gasteiger partial charge in [0.15, 0.2) is 0 Å². The number of rotatable bonds is 2. The van der Waals surface area contributed by atoms with E-state index in [0.717, 1.165) is 37.2 Å². The lowest BCUT2D eigenvalue weighted by atomic mass is 9.75. The normalized spacial score (nSPS) is 15.1. The third kappa shape index (κ3) is 3.24. The summed E-state index contributed by atoms with van der Waals surface area (Å²) in [7, 11) is 3.61. The Hall–Kier alpha value is -1.96. The first-order valence-corrected chi connectivity index (χ1v) is 10.5. The molecule has 0 N–H and O–H groups in total. The molecule has 0 aliphatic heterocycles. The Balaban J connectivity index is 0.000000614. The maximum absolute atomic E-state index is 5.85. The third-order valence-electron chi connectivity index (χ3n) is 5.89. The second-order valence-corrected chi connectivity index (χ2v) is 6.98. The highest BCUT2D eigenvalue weighted by Gasteiger charge is 2.48. The predicted molar refractivity (Wildman–Crippen MR) is 116 cm³/mol. The van der Waals surface area contributed by atoms with Gasteiger partial charge in [0.05, 0.1) is 14.2 Å². The number of ether oxygens (including phenoxy) is 2. The van der Waals surface area contributed by atoms with E-state index in [9.17, 15) is 0 Å². The quantitative estimate of drug-likeness (QED) is 0.598. The SMILES string of the molecule is CC.CC.COc1c(C)ccc2c1C1(CC2)CCc2ccc(C)c(OC)c21. The summed E-state index contributed by atoms with van der Waals surface area (Å²) in [5.74, 6) is 2.16. The Bertz CT molecular complexity index is 722. The summed E-state index contributed by atoms with van der Waals surface area (Å²) < 4.78 is 11.7. The van der Waals surface area contributed by atoms with Crippen molar-refractivity contribution in [3.63, 3.8) is 0 Å². The van der Waals surface area contributed by atoms with E-state index in [-0.39, 0.29) is 5.41 Å². The molecule has 0 bridgehead atoms. The highest BCUT2D eigenvalue weighted by Crippen LogP contribution is 2.58. The Morgan fingerprint density at radius 3 is 1.37 bits per heavy atom. The minimum absolute atomic E-state index is 0.0688. The van der Waals surface area contributed by atoms with Crippen molar-refractivity contribution < 1.29 is 9.47 Å². The van der Waals surface area contributed by atoms with Crippen LogP contribution in [0, 0.1) is 13.8 Å². The summed E-state index contributed by atoms with van der Waals surface area (Å²) in [6.07, 6.45) is 4.58. The van der Waals surface area contributed by atoms with Gasteiger partial charge in [-0.3, -0.25) is 0 Å². The van der Waals surface area contributed by atoms with Gasteiger partial charge in [-0.2, -0.15) is 0 Å². The molecule has 4 rings (SSSR count). The minimum atomic E-state index is 0.0688. The van der Waals surface area contributed by atoms with Crippen molar-refractivity contribution in [3.8, 4) is 11.5 Å². The zero-order valence-corrected chi connectivity index (χ0v) is 18.5. The van der Waals surface area contributed by atoms with E-state index in [1.54, 1.807) is 14.2 Å². The van der Waals surface area contributed by atoms with E-state index in [0.29, 0.717) is 0 Å². The van der Waals surface area contributed by atoms with Crippen LogP contribution in [0.5, 0.6) is 11.5 Å². The molecule has 2 aromatic rings. The number of methoxy groups -OCH3 is 2. The van der Waals surface area contributed by atoms with Crippen LogP contribution in [-0.2, 0) is 18.3 Å². The first-order chi connectivity index (χ1) is 13.1. The lowest BCUT2D eigenvalue weighted by Gasteiger charge is -2.30. The maximum atomic E-state index is 5.85. The fourth-order valence-electron chi connectivity index (χ4n) is 4.89. The molecule has 0 fully saturated rings. The van der Waals surface area contributed by atoms with Crippen molar-refractivity contribution in [3.05, 3.63) is 57.6 Å². The van der Waals surface area contributed by atoms with Crippen molar-refractivity contribution in [2.45, 2.75) is 72.6 Å². The number of hydrogen-bond acceptors (Lipinski definition) is 2. The monoisotopic (exact) mass is 368 g/mol. The molecule has 2 aliphatic carbocycles. The van der Waals surface area contributed by atoms with Gasteiger partial charge in [-0.1, -0.05) is 52.0 Å². The molecule has 0 saturated carbocycles. The van der Waals surface area contributed by atoms with Gasteiger partial charge < -0.3 is 9.47 Å². The molecule has 0 unspecified atom stereocenters. The van der Waals surface area contributed by atoms with E-state index in [1.165, 1.54) is 33.4 Å². The van der Waals surface area contributed by atoms with Gasteiger partial charge >= 0.3 is 0 Å². The van der Waals surface area contributed by atoms with Crippen molar-refractivity contribution in [2.24, 2.45) is 0 Å². The van der Waals surface area contributed by atoms with E-state index >= 15 is 0 Å². The predicted octanol–water partition coefficient (Wildman–Crippen LogP) is 6.55. The highest BCUT2D eigenvalue weighted by atomic mass is 16.5. The summed E-state index contributed by atoms with van der Waals surface area (Å²) in [6.45, 7) is 12.3. The van der Waals surface area contributed by atoms with Crippen LogP contribution in [0.1, 0.15) is 73.9 Å². The number of aryl methyl sites for hydroxylation is 4. The summed E-state index contributed by atoms with van der Waals surface area (Å²) >= 11 is 0. The van der Waals surface area contributed by atoms with Crippen molar-refractivity contribution in [1.29, 1.82) is 0 Å². The molecule has 2 aromatic carbocycles. The van der Waals surface area contributed by atoms with Crippen molar-refractivity contribution in [2.75, 3.05) is 14.2 Å². The van der Waals surface area contributed by atoms with Gasteiger partial charge in [-0.05, 0) is 61.8 Å². The molecule has 0 aromatic heterocycles. The smallest absolute Gasteiger partial charge is 0.126 e. The van der Waals surface area contributed by atoms with Gasteiger partial charge in [-0.25, -0.2) is 0 Å². The highest BCUT2D eigenvalue weighted by molar-refractivity contribution is 5.65. The molecular weight excluding hydrogens is 332 g/mol. The first-order valence-electron chi connectivity index (χ1n) is 10.5. The van der Waals surface area contributed by atoms with Gasteiger partial charge in [0.2, 0.25) is 0 Å². The Morgan fingerprint density at radius 2 is 1.04 bits per heavy atom. The molecule has 0 radical (unpaired) electrons. The molecule has 0 heterocycles. The standard InChI is InChI=1S/C21H24O2.2C2H6/c1-13-5-7-15-9-11-21(17(15)19(13)22-3)12-10-16-8-6-14(2)20(23-4)18(16)21;2*1-2/h5-8H,9-12H2,1-4H3;2*1-2H3. The minimum Gasteiger partial charge on any atom is -0.496 e. The lowest BCUT2D eigenvalue weighted by molar-refractivity contribution is 0.376. The molecular formula is C25H36O2. The average Bonchev–Trinajstić information content (AvgIpc) is 3.28. The van der Waals surface area contributed by atoms with Crippen molar-refractivity contribution >= 4 is 0 Å². The third-order valence-corrected chi connectivity index (χ3v) is 5.89. The van der Waals surface area contributed by atoms with Crippen LogP contribution in [-0.4, -0.2) is 14.2 Å². The van der Waals surface area contributed by atoms with Crippen LogP contribution >= 0.6 is 0 Å². The van der Waals surface area contributed by atoms with Crippen LogP contribution in [0.25, 0.3) is 0 Å². The zero-order valence-electron chi connectivity index (χ0n) is 18.5. The number of fused-ring (bicyclic) bond motifs is 4. The molecule has 0 amide bonds. The number of hydrogen-bond donors (Lipinski definition) is 0. The van der Waals surface area contributed by atoms with Gasteiger partial charge in [0.1, 0.15) is 11.5 Å². The van der Waals surface area contributed by atoms with Crippen LogP contribution in [0.4, 0.5) is 0 Å². The Labute approximate surface area is 165 Å². The van der Waals surface area contributed by atoms with Crippen LogP contribution in [0.3, 0.4) is 0 Å². The summed E-state index contributed by atoms with van der Waals surface area (Å²) in [5, 5.41) is 0. The van der Waals surface area contributed by atoms with Crippen LogP contribution in [0.2, 0.25) is 0 Å². The molecule has 148 valence electrons. The van der Waals surface area contributed by atoms with E-state index in [4.69, 9.17) is 9.47 Å².